The summed E-state index contributed by atoms with van der Waals surface area (Å²) in [6.45, 7) is 4.97. The SMILES string of the molecule is CCNC(=NCc1ccc(OC)c(OC)c1)NCc1nnc2n1CCC2. The molecule has 0 bridgehead atoms. The van der Waals surface area contributed by atoms with Gasteiger partial charge in [0.2, 0.25) is 0 Å². The van der Waals surface area contributed by atoms with Crippen LogP contribution in [0.2, 0.25) is 0 Å². The number of fused-ring (bicyclic) bond motifs is 1. The average Bonchev–Trinajstić information content (AvgIpc) is 3.28. The quantitative estimate of drug-likeness (QED) is 0.576. The zero-order valence-corrected chi connectivity index (χ0v) is 15.6. The van der Waals surface area contributed by atoms with E-state index in [1.54, 1.807) is 14.2 Å². The molecular formula is C18H26N6O2. The molecule has 0 spiro atoms. The van der Waals surface area contributed by atoms with Gasteiger partial charge in [0.15, 0.2) is 23.3 Å². The van der Waals surface area contributed by atoms with Crippen LogP contribution in [0, 0.1) is 0 Å². The molecule has 2 aromatic rings. The molecule has 26 heavy (non-hydrogen) atoms. The van der Waals surface area contributed by atoms with Crippen molar-refractivity contribution < 1.29 is 9.47 Å². The first-order valence-corrected chi connectivity index (χ1v) is 8.89. The first kappa shape index (κ1) is 18.0. The molecular weight excluding hydrogens is 332 g/mol. The first-order valence-electron chi connectivity index (χ1n) is 8.89. The van der Waals surface area contributed by atoms with Gasteiger partial charge in [0, 0.05) is 19.5 Å². The maximum atomic E-state index is 5.35. The van der Waals surface area contributed by atoms with Gasteiger partial charge in [0.05, 0.1) is 27.3 Å². The van der Waals surface area contributed by atoms with Crippen LogP contribution in [0.15, 0.2) is 23.2 Å². The minimum atomic E-state index is 0.535. The summed E-state index contributed by atoms with van der Waals surface area (Å²) in [5.41, 5.74) is 1.04. The lowest BCUT2D eigenvalue weighted by molar-refractivity contribution is 0.354. The Kier molecular flexibility index (Phi) is 5.93. The predicted octanol–water partition coefficient (Wildman–Crippen LogP) is 1.50. The molecule has 0 amide bonds. The highest BCUT2D eigenvalue weighted by Crippen LogP contribution is 2.27. The van der Waals surface area contributed by atoms with Gasteiger partial charge in [-0.05, 0) is 31.0 Å². The van der Waals surface area contributed by atoms with Crippen LogP contribution >= 0.6 is 0 Å². The Labute approximate surface area is 153 Å². The van der Waals surface area contributed by atoms with Crippen LogP contribution in [0.25, 0.3) is 0 Å². The molecule has 1 aromatic heterocycles. The topological polar surface area (TPSA) is 85.6 Å². The first-order chi connectivity index (χ1) is 12.7. The van der Waals surface area contributed by atoms with Gasteiger partial charge in [-0.1, -0.05) is 6.07 Å². The van der Waals surface area contributed by atoms with Crippen LogP contribution < -0.4 is 20.1 Å². The Hall–Kier alpha value is -2.77. The van der Waals surface area contributed by atoms with Crippen LogP contribution in [0.5, 0.6) is 11.5 Å². The fourth-order valence-electron chi connectivity index (χ4n) is 3.00. The molecule has 0 radical (unpaired) electrons. The number of rotatable bonds is 7. The molecule has 3 rings (SSSR count). The van der Waals surface area contributed by atoms with Crippen molar-refractivity contribution >= 4 is 5.96 Å². The van der Waals surface area contributed by atoms with Crippen LogP contribution in [-0.4, -0.2) is 41.5 Å². The van der Waals surface area contributed by atoms with Gasteiger partial charge in [0.25, 0.3) is 0 Å². The number of guanidine groups is 1. The number of aromatic nitrogens is 3. The minimum absolute atomic E-state index is 0.535. The highest BCUT2D eigenvalue weighted by molar-refractivity contribution is 5.79. The maximum absolute atomic E-state index is 5.35. The van der Waals surface area contributed by atoms with Crippen LogP contribution in [0.1, 0.15) is 30.6 Å². The molecule has 0 aliphatic carbocycles. The smallest absolute Gasteiger partial charge is 0.191 e. The zero-order valence-electron chi connectivity index (χ0n) is 15.6. The van der Waals surface area contributed by atoms with Gasteiger partial charge in [-0.2, -0.15) is 0 Å². The number of hydrogen-bond acceptors (Lipinski definition) is 5. The average molecular weight is 358 g/mol. The molecule has 8 heteroatoms. The molecule has 140 valence electrons. The zero-order chi connectivity index (χ0) is 18.4. The third-order valence-corrected chi connectivity index (χ3v) is 4.31. The molecule has 0 unspecified atom stereocenters. The second-order valence-electron chi connectivity index (χ2n) is 6.03. The van der Waals surface area contributed by atoms with Crippen LogP contribution in [0.4, 0.5) is 0 Å². The maximum Gasteiger partial charge on any atom is 0.191 e. The Morgan fingerprint density at radius 1 is 1.19 bits per heavy atom. The fourth-order valence-corrected chi connectivity index (χ4v) is 3.00. The number of nitrogens with one attached hydrogen (secondary N) is 2. The lowest BCUT2D eigenvalue weighted by atomic mass is 10.2. The molecule has 0 atom stereocenters. The second-order valence-corrected chi connectivity index (χ2v) is 6.03. The van der Waals surface area contributed by atoms with Crippen molar-refractivity contribution in [2.24, 2.45) is 4.99 Å². The van der Waals surface area contributed by atoms with Crippen molar-refractivity contribution in [3.8, 4) is 11.5 Å². The summed E-state index contributed by atoms with van der Waals surface area (Å²) in [6.07, 6.45) is 2.16. The van der Waals surface area contributed by atoms with Gasteiger partial charge < -0.3 is 24.7 Å². The van der Waals surface area contributed by atoms with E-state index in [0.717, 1.165) is 49.1 Å². The number of nitrogens with zero attached hydrogens (tertiary/aromatic N) is 4. The van der Waals surface area contributed by atoms with Gasteiger partial charge in [0.1, 0.15) is 5.82 Å². The van der Waals surface area contributed by atoms with Crippen molar-refractivity contribution in [3.63, 3.8) is 0 Å². The number of aryl methyl sites for hydroxylation is 1. The largest absolute Gasteiger partial charge is 0.493 e. The van der Waals surface area contributed by atoms with E-state index in [1.807, 2.05) is 25.1 Å². The Bertz CT molecular complexity index is 771. The monoisotopic (exact) mass is 358 g/mol. The molecule has 0 saturated carbocycles. The second kappa shape index (κ2) is 8.55. The summed E-state index contributed by atoms with van der Waals surface area (Å²) in [5.74, 6) is 4.20. The minimum Gasteiger partial charge on any atom is -0.493 e. The standard InChI is InChI=1S/C18H26N6O2/c1-4-19-18(21-12-17-23-22-16-6-5-9-24(16)17)20-11-13-7-8-14(25-2)15(10-13)26-3/h7-8,10H,4-6,9,11-12H2,1-3H3,(H2,19,20,21). The Morgan fingerprint density at radius 2 is 2.04 bits per heavy atom. The highest BCUT2D eigenvalue weighted by Gasteiger charge is 2.17. The van der Waals surface area contributed by atoms with E-state index < -0.39 is 0 Å². The normalized spacial score (nSPS) is 13.4. The summed E-state index contributed by atoms with van der Waals surface area (Å²) < 4.78 is 12.8. The van der Waals surface area contributed by atoms with Gasteiger partial charge in [-0.3, -0.25) is 0 Å². The van der Waals surface area contributed by atoms with Gasteiger partial charge >= 0.3 is 0 Å². The van der Waals surface area contributed by atoms with E-state index in [-0.39, 0.29) is 0 Å². The molecule has 0 saturated heterocycles. The molecule has 1 aliphatic heterocycles. The molecule has 8 nitrogen and oxygen atoms in total. The molecule has 1 aromatic carbocycles. The Balaban J connectivity index is 1.65. The van der Waals surface area contributed by atoms with Crippen molar-refractivity contribution in [2.75, 3.05) is 20.8 Å². The van der Waals surface area contributed by atoms with E-state index in [2.05, 4.69) is 30.4 Å². The van der Waals surface area contributed by atoms with E-state index in [9.17, 15) is 0 Å². The number of benzene rings is 1. The third-order valence-electron chi connectivity index (χ3n) is 4.31. The summed E-state index contributed by atoms with van der Waals surface area (Å²) in [5, 5.41) is 15.1. The number of aliphatic imine (C=N–C) groups is 1. The summed E-state index contributed by atoms with van der Waals surface area (Å²) in [4.78, 5) is 4.65. The van der Waals surface area contributed by atoms with Crippen molar-refractivity contribution in [1.29, 1.82) is 0 Å². The van der Waals surface area contributed by atoms with Crippen LogP contribution in [-0.2, 0) is 26.1 Å². The molecule has 0 fully saturated rings. The predicted molar refractivity (Wildman–Crippen MR) is 99.5 cm³/mol. The lowest BCUT2D eigenvalue weighted by Gasteiger charge is -2.12. The lowest BCUT2D eigenvalue weighted by Crippen LogP contribution is -2.37. The third kappa shape index (κ3) is 4.07. The number of hydrogen-bond donors (Lipinski definition) is 2. The van der Waals surface area contributed by atoms with Gasteiger partial charge in [-0.15, -0.1) is 10.2 Å². The van der Waals surface area contributed by atoms with Gasteiger partial charge in [-0.25, -0.2) is 4.99 Å². The van der Waals surface area contributed by atoms with Crippen molar-refractivity contribution in [1.82, 2.24) is 25.4 Å². The molecule has 2 heterocycles. The van der Waals surface area contributed by atoms with E-state index >= 15 is 0 Å². The summed E-state index contributed by atoms with van der Waals surface area (Å²) >= 11 is 0. The Morgan fingerprint density at radius 3 is 2.81 bits per heavy atom. The number of methoxy groups -OCH3 is 2. The summed E-state index contributed by atoms with van der Waals surface area (Å²) in [6, 6.07) is 5.82. The van der Waals surface area contributed by atoms with Crippen molar-refractivity contribution in [2.45, 2.75) is 39.4 Å². The van der Waals surface area contributed by atoms with Crippen molar-refractivity contribution in [3.05, 3.63) is 35.4 Å². The van der Waals surface area contributed by atoms with E-state index in [0.29, 0.717) is 24.6 Å². The highest BCUT2D eigenvalue weighted by atomic mass is 16.5. The summed E-state index contributed by atoms with van der Waals surface area (Å²) in [7, 11) is 3.26. The fraction of sp³-hybridized carbons (Fsp3) is 0.500. The number of ether oxygens (including phenoxy) is 2. The molecule has 1 aliphatic rings. The van der Waals surface area contributed by atoms with E-state index in [1.165, 1.54) is 0 Å². The van der Waals surface area contributed by atoms with E-state index in [4.69, 9.17) is 9.47 Å². The van der Waals surface area contributed by atoms with Crippen LogP contribution in [0.3, 0.4) is 0 Å². The molecule has 2 N–H and O–H groups in total.